The molecule has 1 aromatic carbocycles. The molecule has 1 aromatic heterocycles. The molecular weight excluding hydrogens is 364 g/mol. The fourth-order valence-corrected chi connectivity index (χ4v) is 2.60. The zero-order valence-corrected chi connectivity index (χ0v) is 17.0. The summed E-state index contributed by atoms with van der Waals surface area (Å²) < 4.78 is 20.8. The molecule has 0 fully saturated rings. The summed E-state index contributed by atoms with van der Waals surface area (Å²) in [4.78, 5) is 25.3. The van der Waals surface area contributed by atoms with Crippen LogP contribution in [0.2, 0.25) is 0 Å². The number of nitrogens with zero attached hydrogens (tertiary/aromatic N) is 1. The summed E-state index contributed by atoms with van der Waals surface area (Å²) in [5.74, 6) is 0.425. The van der Waals surface area contributed by atoms with Crippen molar-refractivity contribution in [2.45, 2.75) is 40.3 Å². The highest BCUT2D eigenvalue weighted by Gasteiger charge is 2.27. The van der Waals surface area contributed by atoms with Gasteiger partial charge in [0.1, 0.15) is 29.9 Å². The maximum atomic E-state index is 12.7. The lowest BCUT2D eigenvalue weighted by molar-refractivity contribution is -0.148. The molecule has 0 aliphatic carbocycles. The number of carbonyl (C=O) groups excluding carboxylic acids is 2. The van der Waals surface area contributed by atoms with Crippen molar-refractivity contribution in [1.82, 2.24) is 10.5 Å². The smallest absolute Gasteiger partial charge is 0.329 e. The maximum absolute atomic E-state index is 12.7. The van der Waals surface area contributed by atoms with E-state index in [-0.39, 0.29) is 12.5 Å². The first kappa shape index (κ1) is 21.3. The van der Waals surface area contributed by atoms with Crippen molar-refractivity contribution in [2.24, 2.45) is 5.92 Å². The van der Waals surface area contributed by atoms with E-state index < -0.39 is 17.9 Å². The molecule has 8 heteroatoms. The van der Waals surface area contributed by atoms with Gasteiger partial charge in [0.25, 0.3) is 5.91 Å². The summed E-state index contributed by atoms with van der Waals surface area (Å²) in [5.41, 5.74) is 1.71. The molecule has 1 N–H and O–H groups in total. The minimum Gasteiger partial charge on any atom is -0.497 e. The van der Waals surface area contributed by atoms with Crippen LogP contribution in [0.1, 0.15) is 41.2 Å². The summed E-state index contributed by atoms with van der Waals surface area (Å²) in [6, 6.07) is 3.99. The third kappa shape index (κ3) is 5.03. The van der Waals surface area contributed by atoms with E-state index in [0.29, 0.717) is 28.5 Å². The Kier molecular flexibility index (Phi) is 7.03. The van der Waals surface area contributed by atoms with Crippen molar-refractivity contribution in [3.8, 4) is 11.5 Å². The molecule has 0 aliphatic heterocycles. The van der Waals surface area contributed by atoms with Gasteiger partial charge in [-0.25, -0.2) is 4.79 Å². The van der Waals surface area contributed by atoms with E-state index in [4.69, 9.17) is 18.7 Å². The molecule has 2 aromatic rings. The van der Waals surface area contributed by atoms with E-state index in [1.165, 1.54) is 14.2 Å². The average molecular weight is 390 g/mol. The number of benzene rings is 1. The summed E-state index contributed by atoms with van der Waals surface area (Å²) in [5, 5.41) is 6.57. The number of amides is 1. The molecule has 0 aliphatic rings. The average Bonchev–Trinajstić information content (AvgIpc) is 3.00. The normalized spacial score (nSPS) is 11.8. The molecule has 0 saturated carbocycles. The molecule has 2 rings (SSSR count). The third-order valence-corrected chi connectivity index (χ3v) is 4.36. The predicted octanol–water partition coefficient (Wildman–Crippen LogP) is 2.81. The third-order valence-electron chi connectivity index (χ3n) is 4.36. The van der Waals surface area contributed by atoms with Crippen LogP contribution in [0, 0.1) is 19.8 Å². The Balaban J connectivity index is 2.11. The van der Waals surface area contributed by atoms with E-state index >= 15 is 0 Å². The minimum absolute atomic E-state index is 0.0338. The van der Waals surface area contributed by atoms with Gasteiger partial charge in [0, 0.05) is 11.6 Å². The fraction of sp³-hybridized carbons (Fsp3) is 0.450. The second-order valence-electron chi connectivity index (χ2n) is 6.71. The van der Waals surface area contributed by atoms with Crippen LogP contribution in [-0.4, -0.2) is 37.3 Å². The van der Waals surface area contributed by atoms with E-state index in [9.17, 15) is 9.59 Å². The van der Waals surface area contributed by atoms with Gasteiger partial charge in [-0.3, -0.25) is 4.79 Å². The van der Waals surface area contributed by atoms with Crippen LogP contribution >= 0.6 is 0 Å². The highest BCUT2D eigenvalue weighted by Crippen LogP contribution is 2.23. The van der Waals surface area contributed by atoms with Crippen molar-refractivity contribution < 1.29 is 28.3 Å². The Morgan fingerprint density at radius 3 is 2.18 bits per heavy atom. The molecule has 1 heterocycles. The van der Waals surface area contributed by atoms with Gasteiger partial charge in [0.2, 0.25) is 0 Å². The van der Waals surface area contributed by atoms with E-state index in [0.717, 1.165) is 5.56 Å². The second kappa shape index (κ2) is 9.25. The molecule has 0 unspecified atom stereocenters. The van der Waals surface area contributed by atoms with Gasteiger partial charge in [0.05, 0.1) is 25.5 Å². The number of methoxy groups -OCH3 is 2. The Labute approximate surface area is 164 Å². The van der Waals surface area contributed by atoms with Gasteiger partial charge in [-0.2, -0.15) is 0 Å². The molecule has 1 atom stereocenters. The van der Waals surface area contributed by atoms with Gasteiger partial charge >= 0.3 is 5.97 Å². The molecule has 28 heavy (non-hydrogen) atoms. The van der Waals surface area contributed by atoms with Crippen LogP contribution in [0.4, 0.5) is 0 Å². The molecule has 0 spiro atoms. The Bertz CT molecular complexity index is 801. The Morgan fingerprint density at radius 1 is 1.11 bits per heavy atom. The standard InChI is InChI=1S/C20H26N2O6/c1-11(2)18(20(24)27-10-17-12(3)22-28-13(17)4)21-19(23)14-7-15(25-5)9-16(8-14)26-6/h7-9,11,18H,10H2,1-6H3,(H,21,23)/t18-/m0/s1. The van der Waals surface area contributed by atoms with Crippen LogP contribution in [0.15, 0.2) is 22.7 Å². The van der Waals surface area contributed by atoms with Crippen LogP contribution in [0.25, 0.3) is 0 Å². The molecule has 8 nitrogen and oxygen atoms in total. The summed E-state index contributed by atoms with van der Waals surface area (Å²) in [6.45, 7) is 7.22. The minimum atomic E-state index is -0.815. The molecule has 0 saturated heterocycles. The number of aryl methyl sites for hydroxylation is 2. The predicted molar refractivity (Wildman–Crippen MR) is 101 cm³/mol. The largest absolute Gasteiger partial charge is 0.497 e. The van der Waals surface area contributed by atoms with Gasteiger partial charge in [-0.05, 0) is 31.9 Å². The zero-order valence-electron chi connectivity index (χ0n) is 17.0. The summed E-state index contributed by atoms with van der Waals surface area (Å²) >= 11 is 0. The van der Waals surface area contributed by atoms with Gasteiger partial charge in [0.15, 0.2) is 0 Å². The number of hydrogen-bond donors (Lipinski definition) is 1. The SMILES string of the molecule is COc1cc(OC)cc(C(=O)N[C@H](C(=O)OCc2c(C)noc2C)C(C)C)c1. The highest BCUT2D eigenvalue weighted by atomic mass is 16.5. The number of aromatic nitrogens is 1. The van der Waals surface area contributed by atoms with Crippen molar-refractivity contribution >= 4 is 11.9 Å². The van der Waals surface area contributed by atoms with Gasteiger partial charge in [-0.1, -0.05) is 19.0 Å². The molecule has 152 valence electrons. The van der Waals surface area contributed by atoms with Crippen molar-refractivity contribution in [3.05, 3.63) is 40.8 Å². The molecule has 0 bridgehead atoms. The number of esters is 1. The number of carbonyl (C=O) groups is 2. The maximum Gasteiger partial charge on any atom is 0.329 e. The number of hydrogen-bond acceptors (Lipinski definition) is 7. The lowest BCUT2D eigenvalue weighted by Crippen LogP contribution is -2.45. The zero-order chi connectivity index (χ0) is 20.8. The second-order valence-corrected chi connectivity index (χ2v) is 6.71. The molecule has 0 radical (unpaired) electrons. The topological polar surface area (TPSA) is 99.9 Å². The Hall–Kier alpha value is -3.03. The van der Waals surface area contributed by atoms with Crippen LogP contribution in [0.5, 0.6) is 11.5 Å². The van der Waals surface area contributed by atoms with E-state index in [2.05, 4.69) is 10.5 Å². The van der Waals surface area contributed by atoms with Crippen LogP contribution in [0.3, 0.4) is 0 Å². The first-order valence-corrected chi connectivity index (χ1v) is 8.89. The lowest BCUT2D eigenvalue weighted by Gasteiger charge is -2.21. The van der Waals surface area contributed by atoms with Crippen molar-refractivity contribution in [3.63, 3.8) is 0 Å². The number of rotatable bonds is 8. The molecule has 1 amide bonds. The molecular formula is C20H26N2O6. The highest BCUT2D eigenvalue weighted by molar-refractivity contribution is 5.97. The summed E-state index contributed by atoms with van der Waals surface area (Å²) in [7, 11) is 3.00. The number of nitrogens with one attached hydrogen (secondary N) is 1. The monoisotopic (exact) mass is 390 g/mol. The van der Waals surface area contributed by atoms with Crippen molar-refractivity contribution in [1.29, 1.82) is 0 Å². The first-order valence-electron chi connectivity index (χ1n) is 8.89. The first-order chi connectivity index (χ1) is 13.3. The lowest BCUT2D eigenvalue weighted by atomic mass is 10.0. The Morgan fingerprint density at radius 2 is 1.71 bits per heavy atom. The fourth-order valence-electron chi connectivity index (χ4n) is 2.60. The van der Waals surface area contributed by atoms with E-state index in [1.54, 1.807) is 32.0 Å². The van der Waals surface area contributed by atoms with E-state index in [1.807, 2.05) is 13.8 Å². The summed E-state index contributed by atoms with van der Waals surface area (Å²) in [6.07, 6.45) is 0. The van der Waals surface area contributed by atoms with Crippen molar-refractivity contribution in [2.75, 3.05) is 14.2 Å². The van der Waals surface area contributed by atoms with Gasteiger partial charge in [-0.15, -0.1) is 0 Å². The van der Waals surface area contributed by atoms with Crippen LogP contribution in [-0.2, 0) is 16.1 Å². The van der Waals surface area contributed by atoms with Crippen LogP contribution < -0.4 is 14.8 Å². The van der Waals surface area contributed by atoms with Gasteiger partial charge < -0.3 is 24.1 Å². The quantitative estimate of drug-likeness (QED) is 0.692. The number of ether oxygens (including phenoxy) is 3.